The maximum absolute atomic E-state index is 12.4. The third-order valence-corrected chi connectivity index (χ3v) is 4.99. The molecule has 1 unspecified atom stereocenters. The SMILES string of the molecule is Cc1cccc(S(=O)(=O)NC(C)CN(C)c2ccccc2)c1. The molecule has 1 N–H and O–H groups in total. The molecule has 2 rings (SSSR count). The Morgan fingerprint density at radius 2 is 1.77 bits per heavy atom. The summed E-state index contributed by atoms with van der Waals surface area (Å²) in [6.45, 7) is 4.34. The number of nitrogens with zero attached hydrogens (tertiary/aromatic N) is 1. The maximum atomic E-state index is 12.4. The maximum Gasteiger partial charge on any atom is 0.240 e. The number of nitrogens with one attached hydrogen (secondary N) is 1. The third kappa shape index (κ3) is 4.32. The number of aryl methyl sites for hydroxylation is 1. The van der Waals surface area contributed by atoms with E-state index in [0.29, 0.717) is 11.4 Å². The van der Waals surface area contributed by atoms with E-state index < -0.39 is 10.0 Å². The molecule has 0 radical (unpaired) electrons. The lowest BCUT2D eigenvalue weighted by molar-refractivity contribution is 0.559. The second kappa shape index (κ2) is 6.94. The number of sulfonamides is 1. The van der Waals surface area contributed by atoms with E-state index in [-0.39, 0.29) is 6.04 Å². The molecule has 22 heavy (non-hydrogen) atoms. The Balaban J connectivity index is 2.03. The van der Waals surface area contributed by atoms with E-state index in [2.05, 4.69) is 4.72 Å². The largest absolute Gasteiger partial charge is 0.373 e. The van der Waals surface area contributed by atoms with Crippen molar-refractivity contribution in [2.75, 3.05) is 18.5 Å². The molecule has 5 heteroatoms. The van der Waals surface area contributed by atoms with Crippen molar-refractivity contribution < 1.29 is 8.42 Å². The fourth-order valence-corrected chi connectivity index (χ4v) is 3.69. The molecule has 0 bridgehead atoms. The first-order chi connectivity index (χ1) is 10.4. The Hall–Kier alpha value is -1.85. The van der Waals surface area contributed by atoms with Crippen LogP contribution in [-0.2, 0) is 10.0 Å². The first kappa shape index (κ1) is 16.5. The number of rotatable bonds is 6. The molecule has 1 atom stereocenters. The van der Waals surface area contributed by atoms with Crippen LogP contribution in [0.2, 0.25) is 0 Å². The second-order valence-electron chi connectivity index (χ2n) is 5.55. The summed E-state index contributed by atoms with van der Waals surface area (Å²) in [5.41, 5.74) is 1.99. The smallest absolute Gasteiger partial charge is 0.240 e. The van der Waals surface area contributed by atoms with Gasteiger partial charge in [-0.3, -0.25) is 0 Å². The van der Waals surface area contributed by atoms with Gasteiger partial charge in [0.05, 0.1) is 4.90 Å². The summed E-state index contributed by atoms with van der Waals surface area (Å²) in [6, 6.07) is 16.6. The summed E-state index contributed by atoms with van der Waals surface area (Å²) in [4.78, 5) is 2.34. The van der Waals surface area contributed by atoms with Crippen molar-refractivity contribution in [2.24, 2.45) is 0 Å². The zero-order chi connectivity index (χ0) is 16.2. The van der Waals surface area contributed by atoms with Crippen LogP contribution in [0.1, 0.15) is 12.5 Å². The number of anilines is 1. The van der Waals surface area contributed by atoms with Gasteiger partial charge in [0.2, 0.25) is 10.0 Å². The van der Waals surface area contributed by atoms with Gasteiger partial charge in [0.15, 0.2) is 0 Å². The lowest BCUT2D eigenvalue weighted by Crippen LogP contribution is -2.40. The number of hydrogen-bond acceptors (Lipinski definition) is 3. The van der Waals surface area contributed by atoms with Gasteiger partial charge in [-0.15, -0.1) is 0 Å². The van der Waals surface area contributed by atoms with Gasteiger partial charge in [0.1, 0.15) is 0 Å². The van der Waals surface area contributed by atoms with Crippen LogP contribution in [0.15, 0.2) is 59.5 Å². The molecule has 0 spiro atoms. The minimum absolute atomic E-state index is 0.198. The summed E-state index contributed by atoms with van der Waals surface area (Å²) in [6.07, 6.45) is 0. The van der Waals surface area contributed by atoms with Crippen LogP contribution >= 0.6 is 0 Å². The minimum atomic E-state index is -3.49. The van der Waals surface area contributed by atoms with Crippen LogP contribution in [0.4, 0.5) is 5.69 Å². The Labute approximate surface area is 132 Å². The molecule has 0 amide bonds. The zero-order valence-corrected chi connectivity index (χ0v) is 14.0. The Bertz CT molecular complexity index is 714. The van der Waals surface area contributed by atoms with Crippen molar-refractivity contribution in [1.29, 1.82) is 0 Å². The first-order valence-corrected chi connectivity index (χ1v) is 8.72. The van der Waals surface area contributed by atoms with E-state index in [0.717, 1.165) is 11.3 Å². The van der Waals surface area contributed by atoms with Gasteiger partial charge < -0.3 is 4.90 Å². The van der Waals surface area contributed by atoms with Crippen molar-refractivity contribution in [2.45, 2.75) is 24.8 Å². The highest BCUT2D eigenvalue weighted by molar-refractivity contribution is 7.89. The summed E-state index contributed by atoms with van der Waals surface area (Å²) < 4.78 is 27.5. The fourth-order valence-electron chi connectivity index (χ4n) is 2.35. The molecular formula is C17H22N2O2S. The van der Waals surface area contributed by atoms with Crippen LogP contribution in [0.25, 0.3) is 0 Å². The minimum Gasteiger partial charge on any atom is -0.373 e. The van der Waals surface area contributed by atoms with Crippen molar-refractivity contribution in [3.63, 3.8) is 0 Å². The number of para-hydroxylation sites is 1. The van der Waals surface area contributed by atoms with Crippen LogP contribution < -0.4 is 9.62 Å². The van der Waals surface area contributed by atoms with Gasteiger partial charge in [-0.05, 0) is 43.7 Å². The molecule has 0 aliphatic carbocycles. The van der Waals surface area contributed by atoms with Crippen LogP contribution in [0.5, 0.6) is 0 Å². The van der Waals surface area contributed by atoms with Crippen LogP contribution in [-0.4, -0.2) is 28.1 Å². The van der Waals surface area contributed by atoms with Crippen molar-refractivity contribution in [3.05, 3.63) is 60.2 Å². The highest BCUT2D eigenvalue weighted by atomic mass is 32.2. The molecule has 0 fully saturated rings. The molecule has 0 heterocycles. The molecule has 0 saturated heterocycles. The van der Waals surface area contributed by atoms with Crippen molar-refractivity contribution in [1.82, 2.24) is 4.72 Å². The van der Waals surface area contributed by atoms with Crippen molar-refractivity contribution in [3.8, 4) is 0 Å². The predicted molar refractivity (Wildman–Crippen MR) is 90.7 cm³/mol. The fraction of sp³-hybridized carbons (Fsp3) is 0.294. The monoisotopic (exact) mass is 318 g/mol. The predicted octanol–water partition coefficient (Wildman–Crippen LogP) is 2.80. The van der Waals surface area contributed by atoms with Gasteiger partial charge >= 0.3 is 0 Å². The van der Waals surface area contributed by atoms with Crippen LogP contribution in [0.3, 0.4) is 0 Å². The highest BCUT2D eigenvalue weighted by Crippen LogP contribution is 2.14. The number of benzene rings is 2. The number of likely N-dealkylation sites (N-methyl/N-ethyl adjacent to an activating group) is 1. The Kier molecular flexibility index (Phi) is 5.21. The normalized spacial score (nSPS) is 12.9. The molecular weight excluding hydrogens is 296 g/mol. The quantitative estimate of drug-likeness (QED) is 0.891. The lowest BCUT2D eigenvalue weighted by atomic mass is 10.2. The van der Waals surface area contributed by atoms with Gasteiger partial charge in [-0.25, -0.2) is 13.1 Å². The van der Waals surface area contributed by atoms with Crippen molar-refractivity contribution >= 4 is 15.7 Å². The van der Waals surface area contributed by atoms with E-state index in [9.17, 15) is 8.42 Å². The van der Waals surface area contributed by atoms with Gasteiger partial charge in [0.25, 0.3) is 0 Å². The lowest BCUT2D eigenvalue weighted by Gasteiger charge is -2.24. The molecule has 0 aliphatic heterocycles. The van der Waals surface area contributed by atoms with E-state index in [1.54, 1.807) is 18.2 Å². The second-order valence-corrected chi connectivity index (χ2v) is 7.27. The highest BCUT2D eigenvalue weighted by Gasteiger charge is 2.18. The molecule has 4 nitrogen and oxygen atoms in total. The van der Waals surface area contributed by atoms with E-state index in [1.807, 2.05) is 62.2 Å². The molecule has 0 saturated carbocycles. The summed E-state index contributed by atoms with van der Waals surface area (Å²) in [5.74, 6) is 0. The third-order valence-electron chi connectivity index (χ3n) is 3.40. The summed E-state index contributed by atoms with van der Waals surface area (Å²) in [5, 5.41) is 0. The average molecular weight is 318 g/mol. The topological polar surface area (TPSA) is 49.4 Å². The zero-order valence-electron chi connectivity index (χ0n) is 13.2. The summed E-state index contributed by atoms with van der Waals surface area (Å²) >= 11 is 0. The van der Waals surface area contributed by atoms with E-state index in [4.69, 9.17) is 0 Å². The first-order valence-electron chi connectivity index (χ1n) is 7.23. The molecule has 2 aromatic carbocycles. The molecule has 118 valence electrons. The summed E-state index contributed by atoms with van der Waals surface area (Å²) in [7, 11) is -1.54. The Morgan fingerprint density at radius 3 is 2.41 bits per heavy atom. The van der Waals surface area contributed by atoms with Gasteiger partial charge in [-0.1, -0.05) is 30.3 Å². The standard InChI is InChI=1S/C17H22N2O2S/c1-14-8-7-11-17(12-14)22(20,21)18-15(2)13-19(3)16-9-5-4-6-10-16/h4-12,15,18H,13H2,1-3H3. The van der Waals surface area contributed by atoms with Gasteiger partial charge in [0, 0.05) is 25.3 Å². The van der Waals surface area contributed by atoms with Gasteiger partial charge in [-0.2, -0.15) is 0 Å². The molecule has 2 aromatic rings. The van der Waals surface area contributed by atoms with Crippen LogP contribution in [0, 0.1) is 6.92 Å². The van der Waals surface area contributed by atoms with E-state index in [1.165, 1.54) is 0 Å². The Morgan fingerprint density at radius 1 is 1.09 bits per heavy atom. The average Bonchev–Trinajstić information content (AvgIpc) is 2.47. The molecule has 0 aromatic heterocycles. The number of hydrogen-bond donors (Lipinski definition) is 1. The molecule has 0 aliphatic rings. The van der Waals surface area contributed by atoms with E-state index >= 15 is 0 Å².